The molecule has 0 N–H and O–H groups in total. The summed E-state index contributed by atoms with van der Waals surface area (Å²) in [5.41, 5.74) is -0.294. The molecular weight excluding hydrogens is 241 g/mol. The Morgan fingerprint density at radius 2 is 2.06 bits per heavy atom. The maximum atomic E-state index is 12.9. The van der Waals surface area contributed by atoms with Crippen molar-refractivity contribution in [3.63, 3.8) is 0 Å². The molecule has 18 heavy (non-hydrogen) atoms. The molecule has 0 radical (unpaired) electrons. The zero-order valence-corrected chi connectivity index (χ0v) is 9.74. The van der Waals surface area contributed by atoms with Crippen LogP contribution in [0.4, 0.5) is 13.2 Å². The molecule has 5 heteroatoms. The van der Waals surface area contributed by atoms with Crippen molar-refractivity contribution in [2.24, 2.45) is 0 Å². The molecule has 2 rings (SSSR count). The van der Waals surface area contributed by atoms with E-state index < -0.39 is 11.7 Å². The third kappa shape index (κ3) is 2.49. The first kappa shape index (κ1) is 12.9. The quantitative estimate of drug-likeness (QED) is 0.757. The van der Waals surface area contributed by atoms with Crippen LogP contribution in [0.1, 0.15) is 30.0 Å². The van der Waals surface area contributed by atoms with Gasteiger partial charge in [-0.15, -0.1) is 0 Å². The number of rotatable bonds is 2. The molecule has 1 heterocycles. The maximum absolute atomic E-state index is 12.9. The van der Waals surface area contributed by atoms with Crippen LogP contribution in [0.25, 0.3) is 0 Å². The molecule has 1 aromatic rings. The highest BCUT2D eigenvalue weighted by Crippen LogP contribution is 2.39. The summed E-state index contributed by atoms with van der Waals surface area (Å²) in [5, 5.41) is 8.71. The molecule has 1 atom stereocenters. The van der Waals surface area contributed by atoms with Gasteiger partial charge in [0.2, 0.25) is 0 Å². The summed E-state index contributed by atoms with van der Waals surface area (Å²) < 4.78 is 38.8. The number of likely N-dealkylation sites (tertiary alicyclic amines) is 1. The van der Waals surface area contributed by atoms with E-state index in [0.29, 0.717) is 13.0 Å². The Hall–Kier alpha value is -1.54. The van der Waals surface area contributed by atoms with Gasteiger partial charge in [-0.25, -0.2) is 0 Å². The Balaban J connectivity index is 2.36. The van der Waals surface area contributed by atoms with Crippen molar-refractivity contribution in [1.29, 1.82) is 5.26 Å². The van der Waals surface area contributed by atoms with E-state index in [9.17, 15) is 13.2 Å². The summed E-state index contributed by atoms with van der Waals surface area (Å²) in [6.07, 6.45) is -2.83. The molecule has 1 aliphatic heterocycles. The van der Waals surface area contributed by atoms with Crippen LogP contribution in [0.2, 0.25) is 0 Å². The van der Waals surface area contributed by atoms with Crippen LogP contribution in [0.15, 0.2) is 24.3 Å². The third-order valence-corrected chi connectivity index (χ3v) is 3.26. The van der Waals surface area contributed by atoms with Crippen LogP contribution in [0.5, 0.6) is 0 Å². The second-order valence-electron chi connectivity index (χ2n) is 4.37. The van der Waals surface area contributed by atoms with E-state index >= 15 is 0 Å². The zero-order chi connectivity index (χ0) is 13.2. The van der Waals surface area contributed by atoms with Gasteiger partial charge in [0, 0.05) is 6.04 Å². The lowest BCUT2D eigenvalue weighted by atomic mass is 9.98. The van der Waals surface area contributed by atoms with Crippen molar-refractivity contribution in [2.75, 3.05) is 13.1 Å². The number of hydrogen-bond acceptors (Lipinski definition) is 2. The summed E-state index contributed by atoms with van der Waals surface area (Å²) in [7, 11) is 0. The molecule has 96 valence electrons. The summed E-state index contributed by atoms with van der Waals surface area (Å²) in [6, 6.07) is 7.37. The number of nitriles is 1. The summed E-state index contributed by atoms with van der Waals surface area (Å²) in [6.45, 7) is 0.862. The van der Waals surface area contributed by atoms with E-state index in [1.807, 2.05) is 11.0 Å². The fraction of sp³-hybridized carbons (Fsp3) is 0.462. The molecule has 0 spiro atoms. The summed E-state index contributed by atoms with van der Waals surface area (Å²) in [4.78, 5) is 1.81. The predicted molar refractivity (Wildman–Crippen MR) is 60.6 cm³/mol. The lowest BCUT2D eigenvalue weighted by molar-refractivity contribution is -0.138. The molecule has 2 nitrogen and oxygen atoms in total. The zero-order valence-electron chi connectivity index (χ0n) is 9.74. The van der Waals surface area contributed by atoms with Gasteiger partial charge in [0.25, 0.3) is 0 Å². The minimum absolute atomic E-state index is 0.177. The molecule has 1 aromatic carbocycles. The topological polar surface area (TPSA) is 27.0 Å². The smallest absolute Gasteiger partial charge is 0.283 e. The van der Waals surface area contributed by atoms with Gasteiger partial charge in [0.1, 0.15) is 0 Å². The van der Waals surface area contributed by atoms with Crippen LogP contribution in [-0.4, -0.2) is 18.0 Å². The van der Waals surface area contributed by atoms with Crippen LogP contribution in [0, 0.1) is 11.3 Å². The van der Waals surface area contributed by atoms with Crippen LogP contribution < -0.4 is 0 Å². The SMILES string of the molecule is N#CCN1CCC[C@H]1c1ccccc1C(F)(F)F. The van der Waals surface area contributed by atoms with Crippen molar-refractivity contribution in [2.45, 2.75) is 25.1 Å². The third-order valence-electron chi connectivity index (χ3n) is 3.26. The average molecular weight is 254 g/mol. The van der Waals surface area contributed by atoms with Crippen molar-refractivity contribution < 1.29 is 13.2 Å². The minimum atomic E-state index is -4.34. The van der Waals surface area contributed by atoms with Gasteiger partial charge in [0.05, 0.1) is 18.2 Å². The lowest BCUT2D eigenvalue weighted by Gasteiger charge is -2.24. The Morgan fingerprint density at radius 3 is 2.72 bits per heavy atom. The maximum Gasteiger partial charge on any atom is 0.416 e. The molecule has 0 amide bonds. The Bertz CT molecular complexity index is 462. The lowest BCUT2D eigenvalue weighted by Crippen LogP contribution is -2.25. The second-order valence-corrected chi connectivity index (χ2v) is 4.37. The highest BCUT2D eigenvalue weighted by atomic mass is 19.4. The van der Waals surface area contributed by atoms with Gasteiger partial charge in [-0.1, -0.05) is 18.2 Å². The normalized spacial score (nSPS) is 20.9. The molecule has 1 fully saturated rings. The summed E-state index contributed by atoms with van der Waals surface area (Å²) in [5.74, 6) is 0. The van der Waals surface area contributed by atoms with Crippen LogP contribution >= 0.6 is 0 Å². The highest BCUT2D eigenvalue weighted by molar-refractivity contribution is 5.33. The summed E-state index contributed by atoms with van der Waals surface area (Å²) >= 11 is 0. The van der Waals surface area contributed by atoms with E-state index in [-0.39, 0.29) is 18.2 Å². The van der Waals surface area contributed by atoms with E-state index in [1.54, 1.807) is 6.07 Å². The fourth-order valence-corrected chi connectivity index (χ4v) is 2.50. The Kier molecular flexibility index (Phi) is 3.58. The van der Waals surface area contributed by atoms with Crippen LogP contribution in [-0.2, 0) is 6.18 Å². The monoisotopic (exact) mass is 254 g/mol. The standard InChI is InChI=1S/C13H13F3N2/c14-13(15,16)11-5-2-1-4-10(11)12-6-3-8-18(12)9-7-17/h1-2,4-5,12H,3,6,8-9H2/t12-/m0/s1. The Labute approximate surface area is 104 Å². The van der Waals surface area contributed by atoms with Crippen LogP contribution in [0.3, 0.4) is 0 Å². The van der Waals surface area contributed by atoms with Gasteiger partial charge in [-0.2, -0.15) is 18.4 Å². The number of halogens is 3. The Morgan fingerprint density at radius 1 is 1.33 bits per heavy atom. The average Bonchev–Trinajstić information content (AvgIpc) is 2.77. The minimum Gasteiger partial charge on any atom is -0.283 e. The van der Waals surface area contributed by atoms with Crippen molar-refractivity contribution >= 4 is 0 Å². The van der Waals surface area contributed by atoms with E-state index in [0.717, 1.165) is 12.5 Å². The molecule has 0 aromatic heterocycles. The van der Waals surface area contributed by atoms with Gasteiger partial charge in [-0.05, 0) is 31.0 Å². The van der Waals surface area contributed by atoms with E-state index in [4.69, 9.17) is 5.26 Å². The number of nitrogens with zero attached hydrogens (tertiary/aromatic N) is 2. The van der Waals surface area contributed by atoms with E-state index in [1.165, 1.54) is 12.1 Å². The molecule has 0 bridgehead atoms. The largest absolute Gasteiger partial charge is 0.416 e. The molecule has 0 aliphatic carbocycles. The predicted octanol–water partition coefficient (Wildman–Crippen LogP) is 3.37. The highest BCUT2D eigenvalue weighted by Gasteiger charge is 2.37. The molecular formula is C13H13F3N2. The van der Waals surface area contributed by atoms with Gasteiger partial charge < -0.3 is 0 Å². The van der Waals surface area contributed by atoms with Crippen molar-refractivity contribution in [1.82, 2.24) is 4.90 Å². The number of hydrogen-bond donors (Lipinski definition) is 0. The molecule has 1 saturated heterocycles. The van der Waals surface area contributed by atoms with Crippen molar-refractivity contribution in [3.8, 4) is 6.07 Å². The fourth-order valence-electron chi connectivity index (χ4n) is 2.50. The first-order valence-electron chi connectivity index (χ1n) is 5.81. The first-order chi connectivity index (χ1) is 8.54. The number of benzene rings is 1. The second kappa shape index (κ2) is 4.99. The first-order valence-corrected chi connectivity index (χ1v) is 5.81. The molecule has 0 saturated carbocycles. The molecule has 0 unspecified atom stereocenters. The van der Waals surface area contributed by atoms with Crippen molar-refractivity contribution in [3.05, 3.63) is 35.4 Å². The molecule has 1 aliphatic rings. The van der Waals surface area contributed by atoms with Gasteiger partial charge >= 0.3 is 6.18 Å². The van der Waals surface area contributed by atoms with E-state index in [2.05, 4.69) is 0 Å². The van der Waals surface area contributed by atoms with Gasteiger partial charge in [-0.3, -0.25) is 4.90 Å². The number of alkyl halides is 3. The van der Waals surface area contributed by atoms with Gasteiger partial charge in [0.15, 0.2) is 0 Å².